The lowest BCUT2D eigenvalue weighted by molar-refractivity contribution is -0.141. The number of nitrogens with zero attached hydrogens (tertiary/aromatic N) is 2. The van der Waals surface area contributed by atoms with Gasteiger partial charge in [0.2, 0.25) is 21.8 Å². The molecule has 2 amide bonds. The van der Waals surface area contributed by atoms with Crippen molar-refractivity contribution in [2.24, 2.45) is 0 Å². The molecule has 0 unspecified atom stereocenters. The Morgan fingerprint density at radius 2 is 1.65 bits per heavy atom. The van der Waals surface area contributed by atoms with Crippen molar-refractivity contribution in [2.75, 3.05) is 24.2 Å². The normalized spacial score (nSPS) is 14.2. The van der Waals surface area contributed by atoms with E-state index in [1.807, 2.05) is 54.6 Å². The smallest absolute Gasteiger partial charge is 0.243 e. The Hall–Kier alpha value is -3.37. The minimum atomic E-state index is -3.59. The van der Waals surface area contributed by atoms with E-state index in [0.717, 1.165) is 47.5 Å². The zero-order valence-electron chi connectivity index (χ0n) is 24.7. The maximum absolute atomic E-state index is 14.0. The number of amides is 2. The molecule has 0 saturated heterocycles. The highest BCUT2D eigenvalue weighted by Gasteiger charge is 2.32. The fourth-order valence-electron chi connectivity index (χ4n) is 5.51. The molecule has 0 heterocycles. The van der Waals surface area contributed by atoms with Crippen molar-refractivity contribution >= 4 is 43.5 Å². The summed E-state index contributed by atoms with van der Waals surface area (Å²) in [5.41, 5.74) is 2.36. The van der Waals surface area contributed by atoms with Gasteiger partial charge in [-0.2, -0.15) is 0 Å². The number of methoxy groups -OCH3 is 1. The number of anilines is 1. The third kappa shape index (κ3) is 9.56. The van der Waals surface area contributed by atoms with E-state index in [4.69, 9.17) is 4.74 Å². The van der Waals surface area contributed by atoms with E-state index in [1.54, 1.807) is 36.3 Å². The van der Waals surface area contributed by atoms with Crippen LogP contribution in [0.5, 0.6) is 5.75 Å². The van der Waals surface area contributed by atoms with Gasteiger partial charge < -0.3 is 15.0 Å². The van der Waals surface area contributed by atoms with Crippen LogP contribution in [0, 0.1) is 0 Å². The van der Waals surface area contributed by atoms with Crippen molar-refractivity contribution in [3.05, 3.63) is 94.5 Å². The number of nitrogens with one attached hydrogen (secondary N) is 1. The van der Waals surface area contributed by atoms with Gasteiger partial charge in [0.05, 0.1) is 19.1 Å². The predicted molar refractivity (Wildman–Crippen MR) is 173 cm³/mol. The van der Waals surface area contributed by atoms with E-state index >= 15 is 0 Å². The third-order valence-electron chi connectivity index (χ3n) is 7.73. The molecule has 1 saturated carbocycles. The largest absolute Gasteiger partial charge is 0.497 e. The van der Waals surface area contributed by atoms with Gasteiger partial charge in [0.25, 0.3) is 0 Å². The molecule has 1 aliphatic carbocycles. The molecule has 0 aromatic heterocycles. The Morgan fingerprint density at radius 3 is 2.28 bits per heavy atom. The maximum Gasteiger partial charge on any atom is 0.243 e. The molecular weight excluding hydrogens is 630 g/mol. The van der Waals surface area contributed by atoms with Gasteiger partial charge in [0.15, 0.2) is 0 Å². The van der Waals surface area contributed by atoms with Crippen LogP contribution in [-0.2, 0) is 32.6 Å². The summed E-state index contributed by atoms with van der Waals surface area (Å²) in [7, 11) is -2.05. The first-order valence-corrected chi connectivity index (χ1v) is 17.3. The number of sulfonamides is 1. The van der Waals surface area contributed by atoms with Crippen LogP contribution in [0.2, 0.25) is 0 Å². The lowest BCUT2D eigenvalue weighted by Crippen LogP contribution is -2.52. The molecule has 3 aromatic carbocycles. The Balaban J connectivity index is 1.57. The molecule has 43 heavy (non-hydrogen) atoms. The maximum atomic E-state index is 14.0. The van der Waals surface area contributed by atoms with Gasteiger partial charge in [-0.1, -0.05) is 71.2 Å². The van der Waals surface area contributed by atoms with Gasteiger partial charge in [-0.05, 0) is 66.8 Å². The zero-order chi connectivity index (χ0) is 30.8. The summed E-state index contributed by atoms with van der Waals surface area (Å²) in [6.45, 7) is 0.376. The highest BCUT2D eigenvalue weighted by Crippen LogP contribution is 2.24. The summed E-state index contributed by atoms with van der Waals surface area (Å²) in [5.74, 6) is 0.261. The Kier molecular flexibility index (Phi) is 11.6. The number of halogens is 1. The summed E-state index contributed by atoms with van der Waals surface area (Å²) in [5, 5.41) is 3.22. The highest BCUT2D eigenvalue weighted by atomic mass is 79.9. The average Bonchev–Trinajstić information content (AvgIpc) is 3.50. The fourth-order valence-corrected chi connectivity index (χ4v) is 6.92. The SMILES string of the molecule is COc1ccc(N(CCCC(=O)N(Cc2cccc(Br)c2)[C@@H](Cc2ccccc2)C(=O)NC2CCCC2)S(C)(=O)=O)cc1. The van der Waals surface area contributed by atoms with E-state index in [-0.39, 0.29) is 43.8 Å². The molecule has 8 nitrogen and oxygen atoms in total. The van der Waals surface area contributed by atoms with Crippen LogP contribution in [0.1, 0.15) is 49.7 Å². The van der Waals surface area contributed by atoms with Crippen molar-refractivity contribution in [3.8, 4) is 5.75 Å². The summed E-state index contributed by atoms with van der Waals surface area (Å²) in [6, 6.07) is 23.6. The number of hydrogen-bond acceptors (Lipinski definition) is 5. The monoisotopic (exact) mass is 669 g/mol. The molecule has 1 N–H and O–H groups in total. The van der Waals surface area contributed by atoms with Gasteiger partial charge in [-0.25, -0.2) is 8.42 Å². The van der Waals surface area contributed by atoms with Gasteiger partial charge >= 0.3 is 0 Å². The average molecular weight is 671 g/mol. The number of carbonyl (C=O) groups excluding carboxylic acids is 2. The van der Waals surface area contributed by atoms with Crippen molar-refractivity contribution in [2.45, 2.75) is 63.6 Å². The molecular formula is C33H40BrN3O5S. The minimum absolute atomic E-state index is 0.0815. The van der Waals surface area contributed by atoms with E-state index < -0.39 is 16.1 Å². The third-order valence-corrected chi connectivity index (χ3v) is 9.41. The minimum Gasteiger partial charge on any atom is -0.497 e. The molecule has 0 bridgehead atoms. The molecule has 1 fully saturated rings. The molecule has 4 rings (SSSR count). The number of hydrogen-bond donors (Lipinski definition) is 1. The van der Waals surface area contributed by atoms with E-state index in [1.165, 1.54) is 4.31 Å². The topological polar surface area (TPSA) is 96.0 Å². The van der Waals surface area contributed by atoms with Crippen LogP contribution in [0.4, 0.5) is 5.69 Å². The van der Waals surface area contributed by atoms with Crippen molar-refractivity contribution in [3.63, 3.8) is 0 Å². The van der Waals surface area contributed by atoms with Crippen LogP contribution in [0.3, 0.4) is 0 Å². The standard InChI is InChI=1S/C33H40BrN3O5S/c1-42-30-19-17-29(18-20-30)37(43(2,40)41)21-9-16-32(38)36(24-26-12-8-13-27(34)22-26)31(23-25-10-4-3-5-11-25)33(39)35-28-14-6-7-15-28/h3-5,8,10-13,17-20,22,28,31H,6-7,9,14-16,21,23-24H2,1-2H3,(H,35,39)/t31-/m0/s1. The first kappa shape index (κ1) is 32.5. The van der Waals surface area contributed by atoms with Crippen LogP contribution in [0.25, 0.3) is 0 Å². The molecule has 0 spiro atoms. The second-order valence-corrected chi connectivity index (χ2v) is 13.8. The summed E-state index contributed by atoms with van der Waals surface area (Å²) >= 11 is 3.52. The quantitative estimate of drug-likeness (QED) is 0.238. The van der Waals surface area contributed by atoms with E-state index in [9.17, 15) is 18.0 Å². The van der Waals surface area contributed by atoms with Crippen LogP contribution < -0.4 is 14.4 Å². The number of carbonyl (C=O) groups is 2. The second kappa shape index (κ2) is 15.4. The molecule has 0 aliphatic heterocycles. The first-order chi connectivity index (χ1) is 20.6. The Labute approximate surface area is 263 Å². The Bertz CT molecular complexity index is 1460. The summed E-state index contributed by atoms with van der Waals surface area (Å²) in [6.07, 6.45) is 5.95. The van der Waals surface area contributed by atoms with Crippen molar-refractivity contribution in [1.29, 1.82) is 0 Å². The fraction of sp³-hybridized carbons (Fsp3) is 0.394. The highest BCUT2D eigenvalue weighted by molar-refractivity contribution is 9.10. The predicted octanol–water partition coefficient (Wildman–Crippen LogP) is 5.70. The van der Waals surface area contributed by atoms with Gasteiger partial charge in [0, 0.05) is 36.4 Å². The van der Waals surface area contributed by atoms with E-state index in [0.29, 0.717) is 17.9 Å². The number of benzene rings is 3. The molecule has 1 atom stereocenters. The molecule has 1 aliphatic rings. The number of ether oxygens (including phenoxy) is 1. The van der Waals surface area contributed by atoms with Gasteiger partial charge in [-0.15, -0.1) is 0 Å². The van der Waals surface area contributed by atoms with Gasteiger partial charge in [0.1, 0.15) is 11.8 Å². The first-order valence-electron chi connectivity index (χ1n) is 14.6. The van der Waals surface area contributed by atoms with Crippen LogP contribution in [-0.4, -0.2) is 57.1 Å². The summed E-state index contributed by atoms with van der Waals surface area (Å²) in [4.78, 5) is 29.5. The summed E-state index contributed by atoms with van der Waals surface area (Å²) < 4.78 is 32.7. The van der Waals surface area contributed by atoms with Crippen LogP contribution >= 0.6 is 15.9 Å². The van der Waals surface area contributed by atoms with Crippen molar-refractivity contribution in [1.82, 2.24) is 10.2 Å². The van der Waals surface area contributed by atoms with Crippen LogP contribution in [0.15, 0.2) is 83.3 Å². The second-order valence-electron chi connectivity index (χ2n) is 11.0. The van der Waals surface area contributed by atoms with Crippen molar-refractivity contribution < 1.29 is 22.7 Å². The lowest BCUT2D eigenvalue weighted by atomic mass is 10.0. The van der Waals surface area contributed by atoms with E-state index in [2.05, 4.69) is 21.2 Å². The lowest BCUT2D eigenvalue weighted by Gasteiger charge is -2.33. The molecule has 3 aromatic rings. The number of rotatable bonds is 14. The van der Waals surface area contributed by atoms with Gasteiger partial charge in [-0.3, -0.25) is 13.9 Å². The molecule has 0 radical (unpaired) electrons. The zero-order valence-corrected chi connectivity index (χ0v) is 27.1. The molecule has 230 valence electrons. The molecule has 10 heteroatoms. The Morgan fingerprint density at radius 1 is 0.977 bits per heavy atom.